The third kappa shape index (κ3) is 3.26. The van der Waals surface area contributed by atoms with Crippen molar-refractivity contribution in [1.82, 2.24) is 14.4 Å². The monoisotopic (exact) mass is 521 g/mol. The van der Waals surface area contributed by atoms with E-state index in [0.717, 1.165) is 33.5 Å². The number of hydrogen-bond donors (Lipinski definition) is 0. The lowest BCUT2D eigenvalue weighted by molar-refractivity contribution is 1.23. The van der Waals surface area contributed by atoms with Crippen molar-refractivity contribution in [2.45, 2.75) is 0 Å². The average Bonchev–Trinajstić information content (AvgIpc) is 3.56. The van der Waals surface area contributed by atoms with Crippen molar-refractivity contribution in [2.24, 2.45) is 0 Å². The Kier molecular flexibility index (Phi) is 4.61. The van der Waals surface area contributed by atoms with Crippen LogP contribution in [0.4, 0.5) is 0 Å². The molecule has 3 heterocycles. The lowest BCUT2D eigenvalue weighted by Gasteiger charge is -2.10. The molecule has 0 spiro atoms. The lowest BCUT2D eigenvalue weighted by Crippen LogP contribution is -1.95. The molecule has 0 aliphatic heterocycles. The number of para-hydroxylation sites is 2. The summed E-state index contributed by atoms with van der Waals surface area (Å²) in [6.45, 7) is 0. The summed E-state index contributed by atoms with van der Waals surface area (Å²) in [6, 6.07) is 49.4. The lowest BCUT2D eigenvalue weighted by atomic mass is 10.00. The number of nitrogens with zero attached hydrogens (tertiary/aromatic N) is 3. The van der Waals surface area contributed by atoms with Crippen LogP contribution < -0.4 is 0 Å². The summed E-state index contributed by atoms with van der Waals surface area (Å²) in [5.41, 5.74) is 10.1. The fraction of sp³-hybridized carbons (Fsp3) is 0. The Labute approximate surface area is 236 Å². The van der Waals surface area contributed by atoms with Crippen LogP contribution in [0.2, 0.25) is 0 Å². The number of aromatic nitrogens is 3. The summed E-state index contributed by atoms with van der Waals surface area (Å²) >= 11 is 0. The average molecular weight is 522 g/mol. The number of fused-ring (bicyclic) bond motifs is 7. The Bertz CT molecular complexity index is 2400. The van der Waals surface area contributed by atoms with Gasteiger partial charge in [-0.1, -0.05) is 103 Å². The van der Waals surface area contributed by atoms with E-state index in [9.17, 15) is 0 Å². The first-order valence-electron chi connectivity index (χ1n) is 13.9. The zero-order valence-electron chi connectivity index (χ0n) is 22.1. The summed E-state index contributed by atoms with van der Waals surface area (Å²) in [4.78, 5) is 10.3. The summed E-state index contributed by atoms with van der Waals surface area (Å²) in [7, 11) is 0. The van der Waals surface area contributed by atoms with Gasteiger partial charge in [0.25, 0.3) is 0 Å². The minimum Gasteiger partial charge on any atom is -0.308 e. The van der Waals surface area contributed by atoms with Crippen LogP contribution in [0.1, 0.15) is 0 Å². The molecule has 3 heteroatoms. The standard InChI is InChI=1S/C38H23N3/c1-3-11-24(12-4-1)26-19-20-35-30(21-26)32-23-27(22-31-28-15-8-10-18-34(28)41(35)37(31)32)38-39-33-17-9-7-16-29(33)36(40-38)25-13-5-2-6-14-25/h1-23H. The SMILES string of the molecule is c1ccc(-c2ccc3c(c2)c2cc(-c4nc(-c5ccccc5)c5ccccc5n4)cc4c5ccccc5n3c42)cc1. The van der Waals surface area contributed by atoms with Crippen molar-refractivity contribution in [3.8, 4) is 33.8 Å². The van der Waals surface area contributed by atoms with Gasteiger partial charge in [0.2, 0.25) is 0 Å². The zero-order chi connectivity index (χ0) is 26.9. The highest BCUT2D eigenvalue weighted by atomic mass is 14.9. The van der Waals surface area contributed by atoms with Crippen LogP contribution in [0.25, 0.3) is 82.8 Å². The molecule has 0 saturated heterocycles. The van der Waals surface area contributed by atoms with Gasteiger partial charge in [0, 0.05) is 38.1 Å². The van der Waals surface area contributed by atoms with E-state index in [1.54, 1.807) is 0 Å². The molecule has 9 aromatic rings. The smallest absolute Gasteiger partial charge is 0.160 e. The Morgan fingerprint density at radius 2 is 1.00 bits per heavy atom. The summed E-state index contributed by atoms with van der Waals surface area (Å²) in [5.74, 6) is 0.741. The second kappa shape index (κ2) is 8.48. The van der Waals surface area contributed by atoms with Crippen molar-refractivity contribution in [3.05, 3.63) is 140 Å². The third-order valence-electron chi connectivity index (χ3n) is 8.31. The molecular weight excluding hydrogens is 498 g/mol. The predicted molar refractivity (Wildman–Crippen MR) is 171 cm³/mol. The maximum Gasteiger partial charge on any atom is 0.160 e. The van der Waals surface area contributed by atoms with Crippen LogP contribution in [0, 0.1) is 0 Å². The maximum absolute atomic E-state index is 5.21. The van der Waals surface area contributed by atoms with E-state index in [-0.39, 0.29) is 0 Å². The normalized spacial score (nSPS) is 11.9. The maximum atomic E-state index is 5.21. The Morgan fingerprint density at radius 1 is 0.390 bits per heavy atom. The minimum atomic E-state index is 0.741. The largest absolute Gasteiger partial charge is 0.308 e. The molecule has 0 aliphatic rings. The molecule has 6 aromatic carbocycles. The van der Waals surface area contributed by atoms with Crippen LogP contribution in [0.3, 0.4) is 0 Å². The summed E-state index contributed by atoms with van der Waals surface area (Å²) < 4.78 is 2.42. The molecular formula is C38H23N3. The van der Waals surface area contributed by atoms with Gasteiger partial charge in [-0.2, -0.15) is 0 Å². The quantitative estimate of drug-likeness (QED) is 0.232. The van der Waals surface area contributed by atoms with Crippen molar-refractivity contribution < 1.29 is 0 Å². The first kappa shape index (κ1) is 22.3. The van der Waals surface area contributed by atoms with Crippen molar-refractivity contribution in [3.63, 3.8) is 0 Å². The van der Waals surface area contributed by atoms with E-state index in [1.807, 2.05) is 12.1 Å². The van der Waals surface area contributed by atoms with Gasteiger partial charge in [0.05, 0.1) is 27.8 Å². The molecule has 0 atom stereocenters. The fourth-order valence-electron chi connectivity index (χ4n) is 6.46. The van der Waals surface area contributed by atoms with Gasteiger partial charge in [-0.15, -0.1) is 0 Å². The van der Waals surface area contributed by atoms with E-state index in [4.69, 9.17) is 9.97 Å². The Balaban J connectivity index is 1.39. The third-order valence-corrected chi connectivity index (χ3v) is 8.31. The van der Waals surface area contributed by atoms with Gasteiger partial charge in [0.1, 0.15) is 0 Å². The van der Waals surface area contributed by atoms with Gasteiger partial charge < -0.3 is 4.40 Å². The summed E-state index contributed by atoms with van der Waals surface area (Å²) in [6.07, 6.45) is 0. The molecule has 3 nitrogen and oxygen atoms in total. The highest BCUT2D eigenvalue weighted by molar-refractivity contribution is 6.24. The van der Waals surface area contributed by atoms with Crippen LogP contribution in [0.5, 0.6) is 0 Å². The second-order valence-electron chi connectivity index (χ2n) is 10.6. The van der Waals surface area contributed by atoms with E-state index < -0.39 is 0 Å². The molecule has 0 amide bonds. The molecule has 0 radical (unpaired) electrons. The molecule has 0 aliphatic carbocycles. The Morgan fingerprint density at radius 3 is 1.80 bits per heavy atom. The van der Waals surface area contributed by atoms with E-state index in [2.05, 4.69) is 132 Å². The molecule has 41 heavy (non-hydrogen) atoms. The molecule has 0 bridgehead atoms. The predicted octanol–water partition coefficient (Wildman–Crippen LogP) is 9.78. The van der Waals surface area contributed by atoms with Crippen LogP contribution in [-0.2, 0) is 0 Å². The van der Waals surface area contributed by atoms with Crippen molar-refractivity contribution in [1.29, 1.82) is 0 Å². The van der Waals surface area contributed by atoms with Gasteiger partial charge >= 0.3 is 0 Å². The van der Waals surface area contributed by atoms with Crippen molar-refractivity contribution >= 4 is 49.0 Å². The minimum absolute atomic E-state index is 0.741. The molecule has 9 rings (SSSR count). The second-order valence-corrected chi connectivity index (χ2v) is 10.6. The van der Waals surface area contributed by atoms with Gasteiger partial charge in [-0.05, 0) is 47.5 Å². The molecule has 3 aromatic heterocycles. The van der Waals surface area contributed by atoms with Crippen molar-refractivity contribution in [2.75, 3.05) is 0 Å². The number of rotatable bonds is 3. The van der Waals surface area contributed by atoms with Crippen LogP contribution in [0.15, 0.2) is 140 Å². The number of benzene rings is 6. The van der Waals surface area contributed by atoms with Crippen LogP contribution >= 0.6 is 0 Å². The van der Waals surface area contributed by atoms with Gasteiger partial charge in [-0.3, -0.25) is 0 Å². The zero-order valence-corrected chi connectivity index (χ0v) is 22.1. The molecule has 0 saturated carbocycles. The van der Waals surface area contributed by atoms with E-state index in [1.165, 1.54) is 49.2 Å². The number of hydrogen-bond acceptors (Lipinski definition) is 2. The molecule has 190 valence electrons. The highest BCUT2D eigenvalue weighted by Crippen LogP contribution is 2.42. The summed E-state index contributed by atoms with van der Waals surface area (Å²) in [5, 5.41) is 5.99. The molecule has 0 fully saturated rings. The van der Waals surface area contributed by atoms with E-state index in [0.29, 0.717) is 0 Å². The first-order valence-corrected chi connectivity index (χ1v) is 13.9. The van der Waals surface area contributed by atoms with Gasteiger partial charge in [-0.25, -0.2) is 9.97 Å². The topological polar surface area (TPSA) is 30.2 Å². The van der Waals surface area contributed by atoms with Crippen LogP contribution in [-0.4, -0.2) is 14.4 Å². The molecule has 0 N–H and O–H groups in total. The van der Waals surface area contributed by atoms with Gasteiger partial charge in [0.15, 0.2) is 5.82 Å². The molecule has 0 unspecified atom stereocenters. The first-order chi connectivity index (χ1) is 20.3. The van der Waals surface area contributed by atoms with E-state index >= 15 is 0 Å². The highest BCUT2D eigenvalue weighted by Gasteiger charge is 2.20. The fourth-order valence-corrected chi connectivity index (χ4v) is 6.46. The Hall–Kier alpha value is -5.54.